The maximum atomic E-state index is 12.8. The Kier molecular flexibility index (Phi) is 6.52. The molecule has 0 aliphatic carbocycles. The van der Waals surface area contributed by atoms with E-state index in [0.717, 1.165) is 45.7 Å². The number of benzene rings is 2. The van der Waals surface area contributed by atoms with Gasteiger partial charge in [0.1, 0.15) is 4.88 Å². The normalized spacial score (nSPS) is 10.6. The van der Waals surface area contributed by atoms with Crippen molar-refractivity contribution in [2.45, 2.75) is 41.0 Å². The molecule has 0 aliphatic rings. The Morgan fingerprint density at radius 2 is 1.67 bits per heavy atom. The molecular weight excluding hydrogens is 396 g/mol. The van der Waals surface area contributed by atoms with E-state index in [4.69, 9.17) is 0 Å². The largest absolute Gasteiger partial charge is 0.325 e. The minimum atomic E-state index is -0.394. The minimum absolute atomic E-state index is 0.232. The van der Waals surface area contributed by atoms with Crippen molar-refractivity contribution in [1.82, 2.24) is 4.98 Å². The second kappa shape index (κ2) is 9.09. The Morgan fingerprint density at radius 3 is 2.33 bits per heavy atom. The lowest BCUT2D eigenvalue weighted by molar-refractivity contribution is 0.102. The number of carbonyl (C=O) groups is 2. The van der Waals surface area contributed by atoms with Gasteiger partial charge in [0.25, 0.3) is 5.91 Å². The summed E-state index contributed by atoms with van der Waals surface area (Å²) in [5, 5.41) is 8.87. The zero-order valence-corrected chi connectivity index (χ0v) is 18.7. The van der Waals surface area contributed by atoms with E-state index in [1.807, 2.05) is 57.2 Å². The van der Waals surface area contributed by atoms with E-state index in [1.165, 1.54) is 0 Å². The van der Waals surface area contributed by atoms with Gasteiger partial charge in [-0.2, -0.15) is 0 Å². The molecule has 0 aliphatic heterocycles. The third-order valence-corrected chi connectivity index (χ3v) is 5.80. The van der Waals surface area contributed by atoms with Crippen molar-refractivity contribution in [1.29, 1.82) is 0 Å². The van der Waals surface area contributed by atoms with Crippen molar-refractivity contribution in [3.05, 3.63) is 69.2 Å². The van der Waals surface area contributed by atoms with Crippen LogP contribution in [-0.4, -0.2) is 16.9 Å². The summed E-state index contributed by atoms with van der Waals surface area (Å²) in [6.07, 6.45) is 0.890. The number of nitrogens with zero attached hydrogens (tertiary/aromatic N) is 1. The third kappa shape index (κ3) is 5.04. The fourth-order valence-corrected chi connectivity index (χ4v) is 4.19. The fourth-order valence-electron chi connectivity index (χ4n) is 3.34. The Balaban J connectivity index is 1.70. The third-order valence-electron chi connectivity index (χ3n) is 4.73. The van der Waals surface area contributed by atoms with Crippen LogP contribution in [0.25, 0.3) is 0 Å². The Labute approximate surface area is 180 Å². The van der Waals surface area contributed by atoms with Crippen LogP contribution in [0.3, 0.4) is 0 Å². The van der Waals surface area contributed by atoms with Crippen LogP contribution in [0.15, 0.2) is 36.4 Å². The minimum Gasteiger partial charge on any atom is -0.321 e. The molecule has 0 radical (unpaired) electrons. The van der Waals surface area contributed by atoms with Crippen molar-refractivity contribution in [2.75, 3.05) is 16.0 Å². The quantitative estimate of drug-likeness (QED) is 0.483. The fraction of sp³-hybridized carbons (Fsp3) is 0.261. The van der Waals surface area contributed by atoms with Gasteiger partial charge in [-0.1, -0.05) is 48.1 Å². The topological polar surface area (TPSA) is 83.1 Å². The monoisotopic (exact) mass is 422 g/mol. The highest BCUT2D eigenvalue weighted by molar-refractivity contribution is 7.17. The molecule has 0 unspecified atom stereocenters. The molecule has 3 rings (SSSR count). The SMILES string of the molecule is CCc1cccc(NC(=O)Nc2nc(C)c(C(=O)Nc3c(C)cc(C)cc3C)s2)c1. The second-order valence-corrected chi connectivity index (χ2v) is 8.29. The highest BCUT2D eigenvalue weighted by Gasteiger charge is 2.18. The van der Waals surface area contributed by atoms with Crippen LogP contribution < -0.4 is 16.0 Å². The summed E-state index contributed by atoms with van der Waals surface area (Å²) in [4.78, 5) is 29.9. The standard InChI is InChI=1S/C23H26N4O2S/c1-6-17-8-7-9-18(12-17)25-22(29)27-23-24-16(5)20(30-23)21(28)26-19-14(3)10-13(2)11-15(19)4/h7-12H,6H2,1-5H3,(H,26,28)(H2,24,25,27,29). The van der Waals surface area contributed by atoms with E-state index in [9.17, 15) is 9.59 Å². The first-order valence-electron chi connectivity index (χ1n) is 9.80. The summed E-state index contributed by atoms with van der Waals surface area (Å²) in [6.45, 7) is 9.79. The molecule has 156 valence electrons. The summed E-state index contributed by atoms with van der Waals surface area (Å²) in [5.41, 5.74) is 6.40. The molecule has 3 amide bonds. The number of amides is 3. The highest BCUT2D eigenvalue weighted by atomic mass is 32.1. The number of rotatable bonds is 5. The maximum Gasteiger partial charge on any atom is 0.325 e. The molecule has 6 nitrogen and oxygen atoms in total. The summed E-state index contributed by atoms with van der Waals surface area (Å²) < 4.78 is 0. The second-order valence-electron chi connectivity index (χ2n) is 7.29. The Bertz CT molecular complexity index is 1080. The number of urea groups is 1. The van der Waals surface area contributed by atoms with Crippen LogP contribution in [0.4, 0.5) is 21.3 Å². The van der Waals surface area contributed by atoms with E-state index >= 15 is 0 Å². The van der Waals surface area contributed by atoms with Gasteiger partial charge in [0.05, 0.1) is 5.69 Å². The van der Waals surface area contributed by atoms with Gasteiger partial charge in [-0.15, -0.1) is 0 Å². The zero-order chi connectivity index (χ0) is 21.8. The van der Waals surface area contributed by atoms with Crippen LogP contribution in [-0.2, 0) is 6.42 Å². The number of hydrogen-bond acceptors (Lipinski definition) is 4. The molecule has 0 bridgehead atoms. The molecule has 0 atom stereocenters. The number of aryl methyl sites for hydroxylation is 5. The van der Waals surface area contributed by atoms with Crippen LogP contribution in [0, 0.1) is 27.7 Å². The van der Waals surface area contributed by atoms with Gasteiger partial charge in [0.2, 0.25) is 0 Å². The maximum absolute atomic E-state index is 12.8. The van der Waals surface area contributed by atoms with Crippen molar-refractivity contribution < 1.29 is 9.59 Å². The first kappa shape index (κ1) is 21.5. The molecule has 1 aromatic heterocycles. The molecule has 30 heavy (non-hydrogen) atoms. The molecule has 3 N–H and O–H groups in total. The molecule has 0 fully saturated rings. The Hall–Kier alpha value is -3.19. The molecule has 2 aromatic carbocycles. The highest BCUT2D eigenvalue weighted by Crippen LogP contribution is 2.27. The average Bonchev–Trinajstić information content (AvgIpc) is 3.04. The predicted octanol–water partition coefficient (Wildman–Crippen LogP) is 5.84. The van der Waals surface area contributed by atoms with Crippen LogP contribution in [0.1, 0.15) is 44.5 Å². The van der Waals surface area contributed by atoms with E-state index in [-0.39, 0.29) is 5.91 Å². The number of thiazole rings is 1. The van der Waals surface area contributed by atoms with Gasteiger partial charge in [0, 0.05) is 11.4 Å². The summed E-state index contributed by atoms with van der Waals surface area (Å²) in [5.74, 6) is -0.232. The number of hydrogen-bond donors (Lipinski definition) is 3. The van der Waals surface area contributed by atoms with Gasteiger partial charge in [-0.25, -0.2) is 9.78 Å². The van der Waals surface area contributed by atoms with Crippen LogP contribution in [0.5, 0.6) is 0 Å². The lowest BCUT2D eigenvalue weighted by atomic mass is 10.1. The lowest BCUT2D eigenvalue weighted by Gasteiger charge is -2.12. The predicted molar refractivity (Wildman–Crippen MR) is 124 cm³/mol. The van der Waals surface area contributed by atoms with Crippen molar-refractivity contribution in [3.63, 3.8) is 0 Å². The molecular formula is C23H26N4O2S. The van der Waals surface area contributed by atoms with Gasteiger partial charge >= 0.3 is 6.03 Å². The molecule has 7 heteroatoms. The first-order valence-corrected chi connectivity index (χ1v) is 10.6. The van der Waals surface area contributed by atoms with E-state index in [0.29, 0.717) is 21.4 Å². The average molecular weight is 423 g/mol. The smallest absolute Gasteiger partial charge is 0.321 e. The summed E-state index contributed by atoms with van der Waals surface area (Å²) in [7, 11) is 0. The van der Waals surface area contributed by atoms with E-state index < -0.39 is 6.03 Å². The number of anilines is 3. The number of carbonyl (C=O) groups excluding carboxylic acids is 2. The molecule has 0 saturated heterocycles. The zero-order valence-electron chi connectivity index (χ0n) is 17.8. The van der Waals surface area contributed by atoms with Crippen LogP contribution >= 0.6 is 11.3 Å². The molecule has 0 saturated carbocycles. The van der Waals surface area contributed by atoms with Gasteiger partial charge in [-0.05, 0) is 62.9 Å². The first-order chi connectivity index (χ1) is 14.3. The lowest BCUT2D eigenvalue weighted by Crippen LogP contribution is -2.19. The van der Waals surface area contributed by atoms with Gasteiger partial charge in [0.15, 0.2) is 5.13 Å². The van der Waals surface area contributed by atoms with Gasteiger partial charge in [-0.3, -0.25) is 10.1 Å². The van der Waals surface area contributed by atoms with Gasteiger partial charge < -0.3 is 10.6 Å². The van der Waals surface area contributed by atoms with Crippen LogP contribution in [0.2, 0.25) is 0 Å². The van der Waals surface area contributed by atoms with Crippen molar-refractivity contribution >= 4 is 39.8 Å². The molecule has 1 heterocycles. The van der Waals surface area contributed by atoms with E-state index in [1.54, 1.807) is 6.92 Å². The van der Waals surface area contributed by atoms with Crippen molar-refractivity contribution in [2.24, 2.45) is 0 Å². The summed E-state index contributed by atoms with van der Waals surface area (Å²) >= 11 is 1.15. The molecule has 0 spiro atoms. The molecule has 3 aromatic rings. The number of aromatic nitrogens is 1. The van der Waals surface area contributed by atoms with E-state index in [2.05, 4.69) is 27.9 Å². The summed E-state index contributed by atoms with van der Waals surface area (Å²) in [6, 6.07) is 11.3. The number of nitrogens with one attached hydrogen (secondary N) is 3. The van der Waals surface area contributed by atoms with Crippen molar-refractivity contribution in [3.8, 4) is 0 Å². The Morgan fingerprint density at radius 1 is 0.967 bits per heavy atom.